The molecule has 4 aromatic rings. The van der Waals surface area contributed by atoms with E-state index in [1.54, 1.807) is 47.4 Å². The monoisotopic (exact) mass is 549 g/mol. The number of aromatic nitrogens is 3. The van der Waals surface area contributed by atoms with Crippen molar-refractivity contribution >= 4 is 29.2 Å². The number of piperidine rings is 1. The third-order valence-corrected chi connectivity index (χ3v) is 7.00. The van der Waals surface area contributed by atoms with Crippen LogP contribution in [-0.2, 0) is 0 Å². The Labute approximate surface area is 228 Å². The lowest BCUT2D eigenvalue weighted by atomic mass is 9.92. The van der Waals surface area contributed by atoms with Crippen LogP contribution in [0, 0.1) is 5.82 Å². The quantitative estimate of drug-likeness (QED) is 0.335. The zero-order valence-corrected chi connectivity index (χ0v) is 21.5. The normalized spacial score (nSPS) is 14.7. The van der Waals surface area contributed by atoms with Crippen molar-refractivity contribution in [2.45, 2.75) is 18.4 Å². The van der Waals surface area contributed by atoms with Crippen LogP contribution in [0.15, 0.2) is 72.9 Å². The Morgan fingerprint density at radius 2 is 1.77 bits per heavy atom. The zero-order valence-electron chi connectivity index (χ0n) is 20.7. The average molecular weight is 550 g/mol. The van der Waals surface area contributed by atoms with Crippen molar-refractivity contribution in [1.29, 1.82) is 0 Å². The van der Waals surface area contributed by atoms with E-state index in [2.05, 4.69) is 15.4 Å². The van der Waals surface area contributed by atoms with Gasteiger partial charge in [0.15, 0.2) is 5.69 Å². The summed E-state index contributed by atoms with van der Waals surface area (Å²) in [6.07, 6.45) is 1.99. The summed E-state index contributed by atoms with van der Waals surface area (Å²) < 4.78 is 16.1. The van der Waals surface area contributed by atoms with Gasteiger partial charge in [0.25, 0.3) is 11.8 Å². The van der Waals surface area contributed by atoms with E-state index >= 15 is 0 Å². The van der Waals surface area contributed by atoms with E-state index in [0.717, 1.165) is 6.07 Å². The molecule has 200 valence electrons. The lowest BCUT2D eigenvalue weighted by Gasteiger charge is -2.36. The molecule has 1 fully saturated rings. The second-order valence-corrected chi connectivity index (χ2v) is 9.73. The van der Waals surface area contributed by atoms with Gasteiger partial charge < -0.3 is 20.4 Å². The van der Waals surface area contributed by atoms with Gasteiger partial charge in [-0.25, -0.2) is 9.07 Å². The molecular formula is C28H25ClFN5O4. The number of aliphatic hydroxyl groups is 2. The zero-order chi connectivity index (χ0) is 27.6. The third kappa shape index (κ3) is 5.53. The summed E-state index contributed by atoms with van der Waals surface area (Å²) in [5.41, 5.74) is -0.0423. The summed E-state index contributed by atoms with van der Waals surface area (Å²) in [6, 6.07) is 17.8. The van der Waals surface area contributed by atoms with Crippen molar-refractivity contribution in [2.24, 2.45) is 0 Å². The molecule has 2 aromatic heterocycles. The van der Waals surface area contributed by atoms with Gasteiger partial charge in [-0.15, -0.1) is 0 Å². The maximum absolute atomic E-state index is 14.7. The first-order valence-electron chi connectivity index (χ1n) is 12.3. The molecule has 2 amide bonds. The number of aliphatic hydroxyl groups excluding tert-OH is 1. The Hall–Kier alpha value is -4.12. The standard InChI is InChI=1S/C28H25ClFN5O4/c29-21-15-22(30)20(23-8-4-5-11-31-23)14-19(21)26(37)32-25-16-24(33-35(25)18-6-2-1-3-7-18)27(38)34-12-9-28(39,17-36)10-13-34/h1-8,11,14-16,36,39H,9-10,12-13,17H2,(H,32,37). The van der Waals surface area contributed by atoms with Gasteiger partial charge >= 0.3 is 0 Å². The van der Waals surface area contributed by atoms with Gasteiger partial charge in [-0.2, -0.15) is 5.10 Å². The van der Waals surface area contributed by atoms with Gasteiger partial charge in [0.05, 0.1) is 34.2 Å². The predicted octanol–water partition coefficient (Wildman–Crippen LogP) is 3.94. The van der Waals surface area contributed by atoms with Crippen molar-refractivity contribution in [3.63, 3.8) is 0 Å². The number of hydrogen-bond acceptors (Lipinski definition) is 6. The lowest BCUT2D eigenvalue weighted by molar-refractivity contribution is -0.0546. The van der Waals surface area contributed by atoms with Gasteiger partial charge in [-0.1, -0.05) is 35.9 Å². The molecule has 1 aliphatic rings. The number of benzene rings is 2. The average Bonchev–Trinajstić information content (AvgIpc) is 3.37. The summed E-state index contributed by atoms with van der Waals surface area (Å²) in [5.74, 6) is -1.41. The number of amides is 2. The van der Waals surface area contributed by atoms with E-state index in [-0.39, 0.29) is 66.1 Å². The van der Waals surface area contributed by atoms with Gasteiger partial charge in [0, 0.05) is 30.9 Å². The molecule has 0 atom stereocenters. The Bertz CT molecular complexity index is 1510. The summed E-state index contributed by atoms with van der Waals surface area (Å²) in [5, 5.41) is 26.8. The topological polar surface area (TPSA) is 121 Å². The van der Waals surface area contributed by atoms with Gasteiger partial charge in [0.2, 0.25) is 0 Å². The molecule has 0 aliphatic carbocycles. The molecule has 11 heteroatoms. The fraction of sp³-hybridized carbons (Fsp3) is 0.214. The molecule has 39 heavy (non-hydrogen) atoms. The van der Waals surface area contributed by atoms with Gasteiger partial charge in [0.1, 0.15) is 11.6 Å². The number of rotatable bonds is 6. The predicted molar refractivity (Wildman–Crippen MR) is 143 cm³/mol. The van der Waals surface area contributed by atoms with Gasteiger partial charge in [-0.05, 0) is 49.2 Å². The molecule has 1 saturated heterocycles. The van der Waals surface area contributed by atoms with Gasteiger partial charge in [-0.3, -0.25) is 14.6 Å². The first-order chi connectivity index (χ1) is 18.8. The highest BCUT2D eigenvalue weighted by molar-refractivity contribution is 6.34. The minimum absolute atomic E-state index is 0.0201. The first kappa shape index (κ1) is 26.5. The number of nitrogens with one attached hydrogen (secondary N) is 1. The van der Waals surface area contributed by atoms with Crippen LogP contribution in [-0.4, -0.2) is 67.0 Å². The van der Waals surface area contributed by atoms with Crippen molar-refractivity contribution in [2.75, 3.05) is 25.0 Å². The van der Waals surface area contributed by atoms with E-state index in [9.17, 15) is 24.2 Å². The number of anilines is 1. The molecule has 0 unspecified atom stereocenters. The number of carbonyl (C=O) groups excluding carboxylic acids is 2. The van der Waals surface area contributed by atoms with E-state index in [1.807, 2.05) is 6.07 Å². The fourth-order valence-corrected chi connectivity index (χ4v) is 4.65. The van der Waals surface area contributed by atoms with E-state index < -0.39 is 17.3 Å². The highest BCUT2D eigenvalue weighted by Crippen LogP contribution is 2.29. The van der Waals surface area contributed by atoms with E-state index in [1.165, 1.54) is 23.0 Å². The van der Waals surface area contributed by atoms with Crippen LogP contribution in [0.3, 0.4) is 0 Å². The lowest BCUT2D eigenvalue weighted by Crippen LogP contribution is -2.48. The molecule has 2 aromatic carbocycles. The van der Waals surface area contributed by atoms with Crippen molar-refractivity contribution in [1.82, 2.24) is 19.7 Å². The Morgan fingerprint density at radius 1 is 1.05 bits per heavy atom. The molecule has 3 heterocycles. The number of halogens is 2. The van der Waals surface area contributed by atoms with Crippen LogP contribution in [0.2, 0.25) is 5.02 Å². The van der Waals surface area contributed by atoms with E-state index in [0.29, 0.717) is 11.4 Å². The van der Waals surface area contributed by atoms with Crippen LogP contribution >= 0.6 is 11.6 Å². The highest BCUT2D eigenvalue weighted by atomic mass is 35.5. The van der Waals surface area contributed by atoms with Crippen molar-refractivity contribution in [3.05, 3.63) is 95.0 Å². The van der Waals surface area contributed by atoms with Crippen LogP contribution in [0.25, 0.3) is 16.9 Å². The Balaban J connectivity index is 1.46. The molecule has 9 nitrogen and oxygen atoms in total. The molecule has 0 spiro atoms. The first-order valence-corrected chi connectivity index (χ1v) is 12.7. The summed E-state index contributed by atoms with van der Waals surface area (Å²) in [4.78, 5) is 32.3. The van der Waals surface area contributed by atoms with Crippen molar-refractivity contribution < 1.29 is 24.2 Å². The minimum atomic E-state index is -1.21. The number of likely N-dealkylation sites (tertiary alicyclic amines) is 1. The molecule has 5 rings (SSSR count). The highest BCUT2D eigenvalue weighted by Gasteiger charge is 2.34. The third-order valence-electron chi connectivity index (χ3n) is 6.69. The molecule has 0 saturated carbocycles. The summed E-state index contributed by atoms with van der Waals surface area (Å²) in [6.45, 7) is 0.121. The van der Waals surface area contributed by atoms with Crippen LogP contribution in [0.4, 0.5) is 10.2 Å². The molecule has 0 radical (unpaired) electrons. The summed E-state index contributed by atoms with van der Waals surface area (Å²) >= 11 is 6.26. The summed E-state index contributed by atoms with van der Waals surface area (Å²) in [7, 11) is 0. The fourth-order valence-electron chi connectivity index (χ4n) is 4.41. The maximum Gasteiger partial charge on any atom is 0.274 e. The molecule has 3 N–H and O–H groups in total. The van der Waals surface area contributed by atoms with Crippen LogP contribution in [0.5, 0.6) is 0 Å². The number of hydrogen-bond donors (Lipinski definition) is 3. The number of carbonyl (C=O) groups is 2. The molecular weight excluding hydrogens is 525 g/mol. The number of nitrogens with zero attached hydrogens (tertiary/aromatic N) is 4. The van der Waals surface area contributed by atoms with Crippen LogP contribution < -0.4 is 5.32 Å². The smallest absolute Gasteiger partial charge is 0.274 e. The largest absolute Gasteiger partial charge is 0.393 e. The Morgan fingerprint density at radius 3 is 2.44 bits per heavy atom. The van der Waals surface area contributed by atoms with E-state index in [4.69, 9.17) is 11.6 Å². The minimum Gasteiger partial charge on any atom is -0.393 e. The molecule has 0 bridgehead atoms. The second-order valence-electron chi connectivity index (χ2n) is 9.32. The van der Waals surface area contributed by atoms with Crippen LogP contribution in [0.1, 0.15) is 33.7 Å². The molecule has 1 aliphatic heterocycles. The Kier molecular flexibility index (Phi) is 7.42. The number of para-hydroxylation sites is 1. The SMILES string of the molecule is O=C(Nc1cc(C(=O)N2CCC(O)(CO)CC2)nn1-c1ccccc1)c1cc(-c2ccccn2)c(F)cc1Cl. The van der Waals surface area contributed by atoms with Crippen molar-refractivity contribution in [3.8, 4) is 16.9 Å². The second kappa shape index (κ2) is 10.9. The maximum atomic E-state index is 14.7. The number of pyridine rings is 1.